The Balaban J connectivity index is 1.75. The molecule has 0 unspecified atom stereocenters. The molecule has 2 aromatic carbocycles. The minimum atomic E-state index is -0.110. The van der Waals surface area contributed by atoms with E-state index in [0.717, 1.165) is 11.3 Å². The second kappa shape index (κ2) is 7.03. The number of aromatic nitrogens is 1. The first-order valence-electron chi connectivity index (χ1n) is 8.62. The summed E-state index contributed by atoms with van der Waals surface area (Å²) in [4.78, 5) is 15.8. The van der Waals surface area contributed by atoms with E-state index in [-0.39, 0.29) is 5.43 Å². The van der Waals surface area contributed by atoms with Gasteiger partial charge in [-0.1, -0.05) is 30.3 Å². The van der Waals surface area contributed by atoms with Gasteiger partial charge >= 0.3 is 0 Å². The van der Waals surface area contributed by atoms with Gasteiger partial charge in [0, 0.05) is 17.5 Å². The molecule has 4 aromatic rings. The van der Waals surface area contributed by atoms with Crippen molar-refractivity contribution in [2.24, 2.45) is 0 Å². The summed E-state index contributed by atoms with van der Waals surface area (Å²) in [7, 11) is 1.56. The Morgan fingerprint density at radius 3 is 2.52 bits per heavy atom. The fourth-order valence-corrected chi connectivity index (χ4v) is 2.98. The number of H-pyrrole nitrogens is 1. The molecule has 0 spiro atoms. The molecule has 136 valence electrons. The molecular weight excluding hydrogens is 342 g/mol. The Labute approximate surface area is 156 Å². The topological polar surface area (TPSA) is 64.5 Å². The van der Waals surface area contributed by atoms with Crippen LogP contribution in [0.15, 0.2) is 69.9 Å². The third kappa shape index (κ3) is 3.44. The molecule has 0 radical (unpaired) electrons. The van der Waals surface area contributed by atoms with Crippen molar-refractivity contribution in [2.45, 2.75) is 13.5 Å². The molecule has 0 fully saturated rings. The Bertz CT molecular complexity index is 1140. The molecular formula is C22H19NO4. The van der Waals surface area contributed by atoms with Crippen LogP contribution in [0.2, 0.25) is 0 Å². The number of hydrogen-bond acceptors (Lipinski definition) is 4. The van der Waals surface area contributed by atoms with Crippen molar-refractivity contribution in [1.82, 2.24) is 4.98 Å². The molecule has 27 heavy (non-hydrogen) atoms. The largest absolute Gasteiger partial charge is 0.493 e. The second-order valence-corrected chi connectivity index (χ2v) is 6.28. The Hall–Kier alpha value is -3.47. The summed E-state index contributed by atoms with van der Waals surface area (Å²) in [5, 5.41) is 0.533. The summed E-state index contributed by atoms with van der Waals surface area (Å²) in [6.07, 6.45) is 0. The van der Waals surface area contributed by atoms with E-state index in [4.69, 9.17) is 13.9 Å². The monoisotopic (exact) mass is 361 g/mol. The molecule has 5 nitrogen and oxygen atoms in total. The standard InChI is InChI=1S/C22H19NO4/c1-14-8-9-20(27-14)18-11-19(24)16-10-21(25-2)22(12-17(16)23-18)26-13-15-6-4-3-5-7-15/h3-12H,13H2,1-2H3,(H,23,24). The normalized spacial score (nSPS) is 10.9. The van der Waals surface area contributed by atoms with E-state index in [0.29, 0.717) is 40.5 Å². The van der Waals surface area contributed by atoms with Crippen molar-refractivity contribution >= 4 is 10.9 Å². The zero-order valence-electron chi connectivity index (χ0n) is 15.1. The lowest BCUT2D eigenvalue weighted by molar-refractivity contribution is 0.285. The maximum atomic E-state index is 12.6. The molecule has 0 aliphatic rings. The van der Waals surface area contributed by atoms with Crippen LogP contribution in [0.4, 0.5) is 0 Å². The Kier molecular flexibility index (Phi) is 4.42. The maximum Gasteiger partial charge on any atom is 0.190 e. The number of rotatable bonds is 5. The number of nitrogens with one attached hydrogen (secondary N) is 1. The predicted octanol–water partition coefficient (Wildman–Crippen LogP) is 4.68. The first kappa shape index (κ1) is 17.0. The molecule has 0 amide bonds. The molecule has 1 N–H and O–H groups in total. The van der Waals surface area contributed by atoms with Crippen LogP contribution in [0.3, 0.4) is 0 Å². The molecule has 2 aromatic heterocycles. The van der Waals surface area contributed by atoms with Gasteiger partial charge in [-0.15, -0.1) is 0 Å². The van der Waals surface area contributed by atoms with Crippen LogP contribution < -0.4 is 14.9 Å². The van der Waals surface area contributed by atoms with Gasteiger partial charge in [0.05, 0.1) is 18.3 Å². The molecule has 0 aliphatic heterocycles. The van der Waals surface area contributed by atoms with Gasteiger partial charge in [-0.3, -0.25) is 4.79 Å². The summed E-state index contributed by atoms with van der Waals surface area (Å²) in [5.41, 5.74) is 2.23. The van der Waals surface area contributed by atoms with E-state index in [1.54, 1.807) is 19.2 Å². The van der Waals surface area contributed by atoms with Crippen LogP contribution >= 0.6 is 0 Å². The molecule has 0 saturated carbocycles. The summed E-state index contributed by atoms with van der Waals surface area (Å²) < 4.78 is 17.0. The van der Waals surface area contributed by atoms with Crippen molar-refractivity contribution in [3.63, 3.8) is 0 Å². The number of methoxy groups -OCH3 is 1. The van der Waals surface area contributed by atoms with E-state index >= 15 is 0 Å². The molecule has 0 bridgehead atoms. The number of fused-ring (bicyclic) bond motifs is 1. The van der Waals surface area contributed by atoms with Gasteiger partial charge in [-0.25, -0.2) is 0 Å². The number of furan rings is 1. The first-order chi connectivity index (χ1) is 13.1. The van der Waals surface area contributed by atoms with Crippen molar-refractivity contribution < 1.29 is 13.9 Å². The number of pyridine rings is 1. The number of ether oxygens (including phenoxy) is 2. The molecule has 2 heterocycles. The lowest BCUT2D eigenvalue weighted by atomic mass is 10.1. The highest BCUT2D eigenvalue weighted by Gasteiger charge is 2.13. The summed E-state index contributed by atoms with van der Waals surface area (Å²) >= 11 is 0. The van der Waals surface area contributed by atoms with Gasteiger partial charge in [0.1, 0.15) is 12.4 Å². The van der Waals surface area contributed by atoms with Gasteiger partial charge in [-0.2, -0.15) is 0 Å². The average Bonchev–Trinajstić information content (AvgIpc) is 3.13. The second-order valence-electron chi connectivity index (χ2n) is 6.28. The Morgan fingerprint density at radius 1 is 1.00 bits per heavy atom. The highest BCUT2D eigenvalue weighted by atomic mass is 16.5. The van der Waals surface area contributed by atoms with Gasteiger partial charge in [0.2, 0.25) is 0 Å². The van der Waals surface area contributed by atoms with E-state index in [1.165, 1.54) is 6.07 Å². The third-order valence-electron chi connectivity index (χ3n) is 4.36. The molecule has 5 heteroatoms. The van der Waals surface area contributed by atoms with E-state index in [1.807, 2.05) is 49.4 Å². The lowest BCUT2D eigenvalue weighted by Gasteiger charge is -2.12. The molecule has 4 rings (SSSR count). The fourth-order valence-electron chi connectivity index (χ4n) is 2.98. The fraction of sp³-hybridized carbons (Fsp3) is 0.136. The van der Waals surface area contributed by atoms with Gasteiger partial charge in [-0.05, 0) is 30.7 Å². The summed E-state index contributed by atoms with van der Waals surface area (Å²) in [5.74, 6) is 2.49. The van der Waals surface area contributed by atoms with Crippen LogP contribution in [0.1, 0.15) is 11.3 Å². The van der Waals surface area contributed by atoms with Crippen LogP contribution in [-0.2, 0) is 6.61 Å². The van der Waals surface area contributed by atoms with Crippen LogP contribution in [0.5, 0.6) is 11.5 Å². The lowest BCUT2D eigenvalue weighted by Crippen LogP contribution is -2.05. The van der Waals surface area contributed by atoms with Crippen molar-refractivity contribution in [3.05, 3.63) is 82.2 Å². The highest BCUT2D eigenvalue weighted by molar-refractivity contribution is 5.84. The minimum Gasteiger partial charge on any atom is -0.493 e. The van der Waals surface area contributed by atoms with Crippen molar-refractivity contribution in [1.29, 1.82) is 0 Å². The van der Waals surface area contributed by atoms with Crippen molar-refractivity contribution in [2.75, 3.05) is 7.11 Å². The highest BCUT2D eigenvalue weighted by Crippen LogP contribution is 2.32. The van der Waals surface area contributed by atoms with Crippen LogP contribution in [0, 0.1) is 6.92 Å². The van der Waals surface area contributed by atoms with Gasteiger partial charge in [0.15, 0.2) is 22.7 Å². The number of hydrogen-bond donors (Lipinski definition) is 1. The van der Waals surface area contributed by atoms with E-state index in [2.05, 4.69) is 4.98 Å². The van der Waals surface area contributed by atoms with E-state index in [9.17, 15) is 4.79 Å². The first-order valence-corrected chi connectivity index (χ1v) is 8.62. The van der Waals surface area contributed by atoms with Gasteiger partial charge in [0.25, 0.3) is 0 Å². The zero-order valence-corrected chi connectivity index (χ0v) is 15.1. The quantitative estimate of drug-likeness (QED) is 0.560. The SMILES string of the molecule is COc1cc2c(=O)cc(-c3ccc(C)o3)[nH]c2cc1OCc1ccccc1. The number of aryl methyl sites for hydroxylation is 1. The van der Waals surface area contributed by atoms with Crippen LogP contribution in [0.25, 0.3) is 22.4 Å². The predicted molar refractivity (Wildman–Crippen MR) is 104 cm³/mol. The Morgan fingerprint density at radius 2 is 1.81 bits per heavy atom. The van der Waals surface area contributed by atoms with Crippen molar-refractivity contribution in [3.8, 4) is 23.0 Å². The van der Waals surface area contributed by atoms with E-state index < -0.39 is 0 Å². The summed E-state index contributed by atoms with van der Waals surface area (Å²) in [6, 6.07) is 18.6. The van der Waals surface area contributed by atoms with Crippen LogP contribution in [-0.4, -0.2) is 12.1 Å². The number of benzene rings is 2. The third-order valence-corrected chi connectivity index (χ3v) is 4.36. The molecule has 0 aliphatic carbocycles. The minimum absolute atomic E-state index is 0.110. The van der Waals surface area contributed by atoms with Gasteiger partial charge < -0.3 is 18.9 Å². The number of aromatic amines is 1. The maximum absolute atomic E-state index is 12.6. The molecule has 0 atom stereocenters. The smallest absolute Gasteiger partial charge is 0.190 e. The summed E-state index contributed by atoms with van der Waals surface area (Å²) in [6.45, 7) is 2.27. The molecule has 0 saturated heterocycles. The zero-order chi connectivity index (χ0) is 18.8. The average molecular weight is 361 g/mol.